The minimum absolute atomic E-state index is 0.217. The van der Waals surface area contributed by atoms with Gasteiger partial charge in [-0.25, -0.2) is 0 Å². The van der Waals surface area contributed by atoms with Crippen molar-refractivity contribution >= 4 is 17.2 Å². The first kappa shape index (κ1) is 15.8. The molecule has 6 heteroatoms. The van der Waals surface area contributed by atoms with E-state index in [-0.39, 0.29) is 11.3 Å². The van der Waals surface area contributed by atoms with E-state index in [0.29, 0.717) is 0 Å². The molecule has 4 heterocycles. The van der Waals surface area contributed by atoms with E-state index in [1.807, 2.05) is 35.4 Å². The molecule has 1 amide bonds. The zero-order chi connectivity index (χ0) is 16.6. The van der Waals surface area contributed by atoms with Crippen molar-refractivity contribution in [2.75, 3.05) is 26.2 Å². The van der Waals surface area contributed by atoms with Crippen molar-refractivity contribution in [1.29, 1.82) is 0 Å². The maximum Gasteiger partial charge on any atom is 0.263 e. The summed E-state index contributed by atoms with van der Waals surface area (Å²) in [6.07, 6.45) is 7.61. The Morgan fingerprint density at radius 3 is 3.00 bits per heavy atom. The Kier molecular flexibility index (Phi) is 4.18. The fraction of sp³-hybridized carbons (Fsp3) is 0.556. The van der Waals surface area contributed by atoms with Crippen LogP contribution >= 0.6 is 11.3 Å². The van der Waals surface area contributed by atoms with Crippen molar-refractivity contribution in [2.45, 2.75) is 25.8 Å². The summed E-state index contributed by atoms with van der Waals surface area (Å²) in [7, 11) is 1.96. The molecule has 0 N–H and O–H groups in total. The van der Waals surface area contributed by atoms with Gasteiger partial charge in [0.25, 0.3) is 5.91 Å². The summed E-state index contributed by atoms with van der Waals surface area (Å²) < 4.78 is 1.86. The molecule has 4 rings (SSSR count). The fourth-order valence-corrected chi connectivity index (χ4v) is 4.94. The predicted octanol–water partition coefficient (Wildman–Crippen LogP) is 2.61. The van der Waals surface area contributed by atoms with E-state index in [2.05, 4.69) is 21.1 Å². The number of aromatic nitrogens is 2. The molecule has 2 aromatic heterocycles. The van der Waals surface area contributed by atoms with Crippen LogP contribution in [0.4, 0.5) is 0 Å². The number of carbonyl (C=O) groups excluding carboxylic acids is 1. The molecule has 0 bridgehead atoms. The molecule has 1 atom stereocenters. The average Bonchev–Trinajstić information content (AvgIpc) is 3.30. The number of aryl methyl sites for hydroxylation is 1. The number of amides is 1. The van der Waals surface area contributed by atoms with Crippen LogP contribution in [-0.4, -0.2) is 51.7 Å². The highest BCUT2D eigenvalue weighted by Crippen LogP contribution is 2.39. The molecule has 24 heavy (non-hydrogen) atoms. The highest BCUT2D eigenvalue weighted by Gasteiger charge is 2.42. The van der Waals surface area contributed by atoms with Crippen molar-refractivity contribution in [3.63, 3.8) is 0 Å². The van der Waals surface area contributed by atoms with Gasteiger partial charge in [0.1, 0.15) is 0 Å². The molecule has 0 aliphatic carbocycles. The number of carbonyl (C=O) groups is 1. The van der Waals surface area contributed by atoms with Crippen molar-refractivity contribution in [3.8, 4) is 0 Å². The largest absolute Gasteiger partial charge is 0.337 e. The lowest BCUT2D eigenvalue weighted by Crippen LogP contribution is -2.47. The number of hydrogen-bond donors (Lipinski definition) is 0. The number of rotatable bonds is 3. The fourth-order valence-electron chi connectivity index (χ4n) is 4.24. The van der Waals surface area contributed by atoms with Gasteiger partial charge in [-0.15, -0.1) is 11.3 Å². The second kappa shape index (κ2) is 6.33. The lowest BCUT2D eigenvalue weighted by Gasteiger charge is -2.40. The Morgan fingerprint density at radius 2 is 2.25 bits per heavy atom. The minimum Gasteiger partial charge on any atom is -0.337 e. The monoisotopic (exact) mass is 344 g/mol. The Hall–Kier alpha value is -1.66. The van der Waals surface area contributed by atoms with Crippen LogP contribution in [0, 0.1) is 5.41 Å². The van der Waals surface area contributed by atoms with Gasteiger partial charge >= 0.3 is 0 Å². The number of likely N-dealkylation sites (tertiary alicyclic amines) is 2. The molecular weight excluding hydrogens is 320 g/mol. The number of nitrogens with zero attached hydrogens (tertiary/aromatic N) is 4. The standard InChI is InChI=1S/C18H24N4OS/c1-20-11-15(10-19-20)12-21-8-6-18(13-21)5-3-7-22(14-18)17(23)16-4-2-9-24-16/h2,4,9-11H,3,5-8,12-14H2,1H3. The zero-order valence-electron chi connectivity index (χ0n) is 14.1. The molecular formula is C18H24N4OS. The van der Waals surface area contributed by atoms with Crippen LogP contribution in [0.5, 0.6) is 0 Å². The Bertz CT molecular complexity index is 710. The van der Waals surface area contributed by atoms with Crippen LogP contribution in [0.25, 0.3) is 0 Å². The maximum absolute atomic E-state index is 12.7. The lowest BCUT2D eigenvalue weighted by atomic mass is 9.79. The highest BCUT2D eigenvalue weighted by molar-refractivity contribution is 7.12. The first-order valence-electron chi connectivity index (χ1n) is 8.66. The van der Waals surface area contributed by atoms with Gasteiger partial charge in [0, 0.05) is 50.4 Å². The SMILES string of the molecule is Cn1cc(CN2CCC3(CCCN(C(=O)c4cccs4)C3)C2)cn1. The van der Waals surface area contributed by atoms with E-state index in [9.17, 15) is 4.79 Å². The zero-order valence-corrected chi connectivity index (χ0v) is 15.0. The Morgan fingerprint density at radius 1 is 1.33 bits per heavy atom. The first-order valence-corrected chi connectivity index (χ1v) is 9.54. The van der Waals surface area contributed by atoms with E-state index in [0.717, 1.165) is 44.0 Å². The van der Waals surface area contributed by atoms with Gasteiger partial charge in [-0.2, -0.15) is 5.10 Å². The van der Waals surface area contributed by atoms with Crippen molar-refractivity contribution in [3.05, 3.63) is 40.3 Å². The van der Waals surface area contributed by atoms with E-state index in [1.165, 1.54) is 18.4 Å². The molecule has 2 aliphatic rings. The average molecular weight is 344 g/mol. The topological polar surface area (TPSA) is 41.4 Å². The third kappa shape index (κ3) is 3.13. The molecule has 2 fully saturated rings. The van der Waals surface area contributed by atoms with Gasteiger partial charge < -0.3 is 4.90 Å². The van der Waals surface area contributed by atoms with Crippen LogP contribution in [0.2, 0.25) is 0 Å². The minimum atomic E-state index is 0.217. The van der Waals surface area contributed by atoms with Crippen molar-refractivity contribution < 1.29 is 4.79 Å². The normalized spacial score (nSPS) is 24.8. The summed E-state index contributed by atoms with van der Waals surface area (Å²) >= 11 is 1.55. The predicted molar refractivity (Wildman–Crippen MR) is 95.0 cm³/mol. The third-order valence-corrected chi connectivity index (χ3v) is 6.22. The Labute approximate surface area is 146 Å². The quantitative estimate of drug-likeness (QED) is 0.859. The van der Waals surface area contributed by atoms with E-state index in [1.54, 1.807) is 11.3 Å². The van der Waals surface area contributed by atoms with Crippen LogP contribution in [0.15, 0.2) is 29.9 Å². The molecule has 2 saturated heterocycles. The van der Waals surface area contributed by atoms with Gasteiger partial charge in [-0.05, 0) is 37.3 Å². The van der Waals surface area contributed by atoms with Crippen LogP contribution in [-0.2, 0) is 13.6 Å². The smallest absolute Gasteiger partial charge is 0.263 e. The van der Waals surface area contributed by atoms with Gasteiger partial charge in [-0.1, -0.05) is 6.07 Å². The molecule has 0 aromatic carbocycles. The van der Waals surface area contributed by atoms with Crippen LogP contribution in [0.1, 0.15) is 34.5 Å². The molecule has 0 radical (unpaired) electrons. The van der Waals surface area contributed by atoms with Crippen molar-refractivity contribution in [2.24, 2.45) is 12.5 Å². The van der Waals surface area contributed by atoms with Crippen LogP contribution < -0.4 is 0 Å². The van der Waals surface area contributed by atoms with E-state index in [4.69, 9.17) is 0 Å². The summed E-state index contributed by atoms with van der Waals surface area (Å²) in [5, 5.41) is 6.25. The maximum atomic E-state index is 12.7. The van der Waals surface area contributed by atoms with Gasteiger partial charge in [0.15, 0.2) is 0 Å². The number of thiophene rings is 1. The summed E-state index contributed by atoms with van der Waals surface area (Å²) in [5.74, 6) is 0.217. The molecule has 1 spiro atoms. The summed E-state index contributed by atoms with van der Waals surface area (Å²) in [6, 6.07) is 3.90. The molecule has 5 nitrogen and oxygen atoms in total. The second-order valence-electron chi connectivity index (χ2n) is 7.29. The van der Waals surface area contributed by atoms with E-state index < -0.39 is 0 Å². The summed E-state index contributed by atoms with van der Waals surface area (Å²) in [4.78, 5) is 18.2. The number of piperidine rings is 1. The molecule has 2 aliphatic heterocycles. The Balaban J connectivity index is 1.41. The van der Waals surface area contributed by atoms with E-state index >= 15 is 0 Å². The summed E-state index contributed by atoms with van der Waals surface area (Å²) in [5.41, 5.74) is 1.56. The van der Waals surface area contributed by atoms with Gasteiger partial charge in [-0.3, -0.25) is 14.4 Å². The second-order valence-corrected chi connectivity index (χ2v) is 8.24. The molecule has 128 valence electrons. The summed E-state index contributed by atoms with van der Waals surface area (Å²) in [6.45, 7) is 4.99. The van der Waals surface area contributed by atoms with Crippen molar-refractivity contribution in [1.82, 2.24) is 19.6 Å². The lowest BCUT2D eigenvalue weighted by molar-refractivity contribution is 0.0531. The number of hydrogen-bond acceptors (Lipinski definition) is 4. The highest BCUT2D eigenvalue weighted by atomic mass is 32.1. The van der Waals surface area contributed by atoms with Gasteiger partial charge in [0.2, 0.25) is 0 Å². The van der Waals surface area contributed by atoms with Gasteiger partial charge in [0.05, 0.1) is 11.1 Å². The molecule has 2 aromatic rings. The van der Waals surface area contributed by atoms with Crippen LogP contribution in [0.3, 0.4) is 0 Å². The molecule has 1 unspecified atom stereocenters. The third-order valence-electron chi connectivity index (χ3n) is 5.36. The molecule has 0 saturated carbocycles. The first-order chi connectivity index (χ1) is 11.6.